The first kappa shape index (κ1) is 24.8. The van der Waals surface area contributed by atoms with E-state index >= 15 is 0 Å². The van der Waals surface area contributed by atoms with E-state index in [1.165, 1.54) is 9.13 Å². The number of hydrogen-bond donors (Lipinski definition) is 4. The number of carboxylic acids is 2. The van der Waals surface area contributed by atoms with Crippen molar-refractivity contribution in [3.8, 4) is 0 Å². The van der Waals surface area contributed by atoms with Crippen LogP contribution in [0.2, 0.25) is 0 Å². The van der Waals surface area contributed by atoms with E-state index in [9.17, 15) is 19.2 Å². The van der Waals surface area contributed by atoms with Crippen LogP contribution >= 0.6 is 0 Å². The molecule has 10 nitrogen and oxygen atoms in total. The Morgan fingerprint density at radius 2 is 1.03 bits per heavy atom. The van der Waals surface area contributed by atoms with E-state index in [0.29, 0.717) is 22.2 Å². The van der Waals surface area contributed by atoms with Gasteiger partial charge in [-0.1, -0.05) is 36.4 Å². The first-order valence-electron chi connectivity index (χ1n) is 11.4. The Morgan fingerprint density at radius 3 is 1.39 bits per heavy atom. The molecule has 0 bridgehead atoms. The highest BCUT2D eigenvalue weighted by Crippen LogP contribution is 2.25. The number of aromatic nitrogens is 2. The molecule has 0 amide bonds. The molecule has 4 rings (SSSR count). The topological polar surface area (TPSA) is 171 Å². The Labute approximate surface area is 205 Å². The molecule has 0 aliphatic carbocycles. The summed E-state index contributed by atoms with van der Waals surface area (Å²) < 4.78 is 2.86. The predicted octanol–water partition coefficient (Wildman–Crippen LogP) is 2.27. The normalized spacial score (nSPS) is 13.1. The molecule has 0 aliphatic rings. The molecule has 2 aromatic carbocycles. The highest BCUT2D eigenvalue weighted by Gasteiger charge is 2.21. The summed E-state index contributed by atoms with van der Waals surface area (Å²) in [7, 11) is 0. The van der Waals surface area contributed by atoms with E-state index in [-0.39, 0.29) is 37.5 Å². The van der Waals surface area contributed by atoms with Crippen LogP contribution in [-0.2, 0) is 22.4 Å². The second-order valence-corrected chi connectivity index (χ2v) is 8.67. The minimum atomic E-state index is -1.13. The van der Waals surface area contributed by atoms with Crippen molar-refractivity contribution in [2.24, 2.45) is 11.5 Å². The maximum absolute atomic E-state index is 13.1. The second kappa shape index (κ2) is 10.1. The molecule has 0 spiro atoms. The maximum atomic E-state index is 13.1. The molecule has 2 aromatic heterocycles. The molecule has 2 heterocycles. The van der Waals surface area contributed by atoms with Crippen molar-refractivity contribution in [1.29, 1.82) is 0 Å². The summed E-state index contributed by atoms with van der Waals surface area (Å²) >= 11 is 0. The molecule has 2 atom stereocenters. The van der Waals surface area contributed by atoms with Gasteiger partial charge in [-0.3, -0.25) is 28.3 Å². The number of nitrogens with zero attached hydrogens (tertiary/aromatic N) is 2. The van der Waals surface area contributed by atoms with Gasteiger partial charge < -0.3 is 21.7 Å². The van der Waals surface area contributed by atoms with Crippen molar-refractivity contribution >= 4 is 45.6 Å². The van der Waals surface area contributed by atoms with E-state index in [0.717, 1.165) is 10.8 Å². The number of fused-ring (bicyclic) bond motifs is 2. The van der Waals surface area contributed by atoms with Gasteiger partial charge in [0.2, 0.25) is 11.8 Å². The zero-order valence-electron chi connectivity index (χ0n) is 19.3. The zero-order chi connectivity index (χ0) is 26.0. The third-order valence-electron chi connectivity index (χ3n) is 6.19. The van der Waals surface area contributed by atoms with Gasteiger partial charge in [-0.25, -0.2) is 0 Å². The Balaban J connectivity index is 1.55. The lowest BCUT2D eigenvalue weighted by Crippen LogP contribution is -2.32. The van der Waals surface area contributed by atoms with Gasteiger partial charge >= 0.3 is 11.9 Å². The molecular formula is C26H26N4O6. The fraction of sp³-hybridized carbons (Fsp3) is 0.231. The van der Waals surface area contributed by atoms with Crippen LogP contribution in [0.4, 0.5) is 0 Å². The van der Waals surface area contributed by atoms with Gasteiger partial charge in [-0.05, 0) is 23.3 Å². The minimum absolute atomic E-state index is 0.0612. The summed E-state index contributed by atoms with van der Waals surface area (Å²) in [5.74, 6) is -2.91. The molecule has 10 heteroatoms. The van der Waals surface area contributed by atoms with Gasteiger partial charge in [0.15, 0.2) is 0 Å². The Morgan fingerprint density at radius 1 is 0.667 bits per heavy atom. The lowest BCUT2D eigenvalue weighted by atomic mass is 10.1. The molecule has 2 unspecified atom stereocenters. The average Bonchev–Trinajstić information content (AvgIpc) is 3.41. The molecule has 186 valence electrons. The monoisotopic (exact) mass is 490 g/mol. The van der Waals surface area contributed by atoms with Crippen LogP contribution in [0.5, 0.6) is 0 Å². The van der Waals surface area contributed by atoms with Crippen molar-refractivity contribution in [2.75, 3.05) is 0 Å². The summed E-state index contributed by atoms with van der Waals surface area (Å²) in [6.07, 6.45) is 3.11. The molecule has 4 aromatic rings. The van der Waals surface area contributed by atoms with Crippen LogP contribution in [-0.4, -0.2) is 55.2 Å². The molecule has 0 saturated carbocycles. The maximum Gasteiger partial charge on any atom is 0.320 e. The van der Waals surface area contributed by atoms with Gasteiger partial charge in [0.1, 0.15) is 12.1 Å². The molecule has 0 fully saturated rings. The van der Waals surface area contributed by atoms with Crippen LogP contribution in [0.1, 0.15) is 33.6 Å². The molecule has 6 N–H and O–H groups in total. The quantitative estimate of drug-likeness (QED) is 0.277. The number of hydrogen-bond acceptors (Lipinski definition) is 6. The lowest BCUT2D eigenvalue weighted by molar-refractivity contribution is -0.139. The molecule has 36 heavy (non-hydrogen) atoms. The fourth-order valence-corrected chi connectivity index (χ4v) is 4.34. The molecular weight excluding hydrogens is 464 g/mol. The van der Waals surface area contributed by atoms with E-state index in [4.69, 9.17) is 21.7 Å². The third-order valence-corrected chi connectivity index (χ3v) is 6.19. The highest BCUT2D eigenvalue weighted by molar-refractivity contribution is 5.98. The fourth-order valence-electron chi connectivity index (χ4n) is 4.34. The Bertz CT molecular complexity index is 1370. The first-order chi connectivity index (χ1) is 17.2. The van der Waals surface area contributed by atoms with Gasteiger partial charge in [0.25, 0.3) is 0 Å². The van der Waals surface area contributed by atoms with Crippen LogP contribution < -0.4 is 11.5 Å². The van der Waals surface area contributed by atoms with Crippen molar-refractivity contribution in [2.45, 2.75) is 37.8 Å². The van der Waals surface area contributed by atoms with E-state index in [1.54, 1.807) is 60.9 Å². The van der Waals surface area contributed by atoms with Crippen LogP contribution in [0.15, 0.2) is 60.9 Å². The number of aliphatic carboxylic acids is 2. The zero-order valence-corrected chi connectivity index (χ0v) is 19.3. The van der Waals surface area contributed by atoms with Crippen molar-refractivity contribution in [3.05, 3.63) is 72.1 Å². The average molecular weight is 491 g/mol. The van der Waals surface area contributed by atoms with Crippen molar-refractivity contribution in [1.82, 2.24) is 9.13 Å². The number of para-hydroxylation sites is 2. The molecule has 0 saturated heterocycles. The van der Waals surface area contributed by atoms with E-state index in [2.05, 4.69) is 0 Å². The summed E-state index contributed by atoms with van der Waals surface area (Å²) in [4.78, 5) is 48.6. The summed E-state index contributed by atoms with van der Waals surface area (Å²) in [6, 6.07) is 12.0. The third kappa shape index (κ3) is 4.90. The smallest absolute Gasteiger partial charge is 0.320 e. The Kier molecular flexibility index (Phi) is 7.00. The number of nitrogens with two attached hydrogens (primary N) is 2. The van der Waals surface area contributed by atoms with Crippen molar-refractivity contribution in [3.63, 3.8) is 0 Å². The standard InChI is InChI=1S/C26H26N4O6/c27-19(25(33)34)11-15-13-29(21-7-3-1-5-17(15)21)23(31)9-10-24(32)30-14-16(12-20(28)26(35)36)18-6-2-4-8-22(18)30/h1-8,13-14,19-20H,9-12,27-28H2,(H,33,34)(H,35,36). The SMILES string of the molecule is NC(Cc1cn(C(=O)CCC(=O)n2cc(CC(N)C(=O)O)c3ccccc32)c2ccccc12)C(=O)O. The van der Waals surface area contributed by atoms with E-state index < -0.39 is 24.0 Å². The molecule has 0 radical (unpaired) electrons. The van der Waals surface area contributed by atoms with Gasteiger partial charge in [0, 0.05) is 48.8 Å². The molecule has 0 aliphatic heterocycles. The summed E-state index contributed by atoms with van der Waals surface area (Å²) in [6.45, 7) is 0. The summed E-state index contributed by atoms with van der Waals surface area (Å²) in [5.41, 5.74) is 13.9. The number of rotatable bonds is 9. The number of carboxylic acid groups (broad SMARTS) is 2. The number of carbonyl (C=O) groups excluding carboxylic acids is 2. The van der Waals surface area contributed by atoms with Crippen LogP contribution in [0.25, 0.3) is 21.8 Å². The highest BCUT2D eigenvalue weighted by atomic mass is 16.4. The van der Waals surface area contributed by atoms with Crippen LogP contribution in [0, 0.1) is 0 Å². The number of carbonyl (C=O) groups is 4. The lowest BCUT2D eigenvalue weighted by Gasteiger charge is -2.06. The van der Waals surface area contributed by atoms with E-state index in [1.807, 2.05) is 0 Å². The summed E-state index contributed by atoms with van der Waals surface area (Å²) in [5, 5.41) is 19.8. The minimum Gasteiger partial charge on any atom is -0.480 e. The largest absolute Gasteiger partial charge is 0.480 e. The van der Waals surface area contributed by atoms with Crippen molar-refractivity contribution < 1.29 is 29.4 Å². The first-order valence-corrected chi connectivity index (χ1v) is 11.4. The predicted molar refractivity (Wildman–Crippen MR) is 133 cm³/mol. The second-order valence-electron chi connectivity index (χ2n) is 8.67. The van der Waals surface area contributed by atoms with Gasteiger partial charge in [-0.15, -0.1) is 0 Å². The van der Waals surface area contributed by atoms with Gasteiger partial charge in [-0.2, -0.15) is 0 Å². The van der Waals surface area contributed by atoms with Crippen LogP contribution in [0.3, 0.4) is 0 Å². The number of benzene rings is 2. The Hall–Kier alpha value is -4.28. The van der Waals surface area contributed by atoms with Gasteiger partial charge in [0.05, 0.1) is 11.0 Å².